The first-order valence-electron chi connectivity index (χ1n) is 19.5. The fourth-order valence-corrected chi connectivity index (χ4v) is 9.58. The first-order chi connectivity index (χ1) is 25.6. The Morgan fingerprint density at radius 3 is 2.17 bits per heavy atom. The van der Waals surface area contributed by atoms with Crippen molar-refractivity contribution in [2.75, 3.05) is 18.0 Å². The molecule has 3 aromatic rings. The van der Waals surface area contributed by atoms with Crippen LogP contribution in [0.1, 0.15) is 121 Å². The Hall–Kier alpha value is -4.48. The number of thiophene rings is 1. The minimum Gasteiger partial charge on any atom is -0.481 e. The molecule has 0 radical (unpaired) electrons. The summed E-state index contributed by atoms with van der Waals surface area (Å²) < 4.78 is 2.11. The minimum atomic E-state index is -0.867. The Morgan fingerprint density at radius 1 is 0.868 bits per heavy atom. The Kier molecular flexibility index (Phi) is 13.5. The molecule has 1 aromatic heterocycles. The number of unbranched alkanes of at least 4 members (excludes halogenated alkanes) is 5. The number of anilines is 1. The summed E-state index contributed by atoms with van der Waals surface area (Å²) in [5.41, 5.74) is 7.51. The molecule has 2 aromatic carbocycles. The van der Waals surface area contributed by atoms with Crippen LogP contribution in [0.15, 0.2) is 89.0 Å². The lowest BCUT2D eigenvalue weighted by atomic mass is 9.71. The van der Waals surface area contributed by atoms with E-state index in [1.54, 1.807) is 11.3 Å². The normalized spacial score (nSPS) is 18.5. The lowest BCUT2D eigenvalue weighted by Gasteiger charge is -2.35. The number of carboxylic acid groups (broad SMARTS) is 2. The summed E-state index contributed by atoms with van der Waals surface area (Å²) >= 11 is 1.71. The van der Waals surface area contributed by atoms with Gasteiger partial charge in [0.2, 0.25) is 11.4 Å². The second-order valence-electron chi connectivity index (χ2n) is 15.0. The highest BCUT2D eigenvalue weighted by Crippen LogP contribution is 2.54. The van der Waals surface area contributed by atoms with Gasteiger partial charge in [0.05, 0.1) is 5.41 Å². The number of carboxylic acids is 2. The van der Waals surface area contributed by atoms with Crippen LogP contribution in [-0.4, -0.2) is 45.5 Å². The van der Waals surface area contributed by atoms with E-state index in [0.29, 0.717) is 18.4 Å². The second kappa shape index (κ2) is 18.0. The molecule has 1 atom stereocenters. The van der Waals surface area contributed by atoms with Gasteiger partial charge in [0, 0.05) is 52.7 Å². The third kappa shape index (κ3) is 8.52. The molecule has 53 heavy (non-hydrogen) atoms. The predicted octanol–water partition coefficient (Wildman–Crippen LogP) is 10.7. The van der Waals surface area contributed by atoms with Crippen LogP contribution in [-0.2, 0) is 26.8 Å². The highest BCUT2D eigenvalue weighted by atomic mass is 32.1. The number of benzene rings is 2. The highest BCUT2D eigenvalue weighted by Gasteiger charge is 2.52. The molecule has 1 unspecified atom stereocenters. The Labute approximate surface area is 320 Å². The van der Waals surface area contributed by atoms with Crippen LogP contribution < -0.4 is 4.90 Å². The van der Waals surface area contributed by atoms with Crippen molar-refractivity contribution in [3.8, 4) is 6.07 Å². The summed E-state index contributed by atoms with van der Waals surface area (Å²) in [6, 6.07) is 23.9. The smallest absolute Gasteiger partial charge is 0.309 e. The highest BCUT2D eigenvalue weighted by molar-refractivity contribution is 7.09. The standard InChI is InChI=1S/C45H55N3O4S/c1-5-7-25-45(26-8-6-2)37-20-13-15-22-39(37)47(27-16-10-9-11-23-41(49)50)40(45)30-33(3)35(32-46)43-44(4,31-34-18-17-29-53-34)36-19-12-14-21-38(36)48(43)28-24-42(51)52/h12-15,17-22,29-30H,5-11,16,23-28,31H2,1-4H3,(H-,49,50,51,52)/p+1. The van der Waals surface area contributed by atoms with Crippen LogP contribution >= 0.6 is 11.3 Å². The average molecular weight is 735 g/mol. The van der Waals surface area contributed by atoms with E-state index in [2.05, 4.69) is 103 Å². The van der Waals surface area contributed by atoms with Crippen LogP contribution in [0.4, 0.5) is 11.4 Å². The SMILES string of the molecule is CCCCC1(CCCC)/C(=C/C(C)=C(\C#N)C2=[N+](CCC(=O)O)c3ccccc3C2(C)Cc2cccs2)N(CCCCCCC(=O)O)c2ccccc21. The van der Waals surface area contributed by atoms with E-state index in [1.807, 2.05) is 12.1 Å². The number of aliphatic carboxylic acids is 2. The average Bonchev–Trinajstić information content (AvgIpc) is 3.81. The molecule has 7 nitrogen and oxygen atoms in total. The lowest BCUT2D eigenvalue weighted by Crippen LogP contribution is -2.37. The zero-order chi connectivity index (χ0) is 38.0. The van der Waals surface area contributed by atoms with Crippen molar-refractivity contribution in [3.63, 3.8) is 0 Å². The number of nitrogens with zero attached hydrogens (tertiary/aromatic N) is 3. The van der Waals surface area contributed by atoms with Crippen LogP contribution in [0.5, 0.6) is 0 Å². The molecule has 280 valence electrons. The maximum absolute atomic E-state index is 12.0. The molecule has 2 N–H and O–H groups in total. The maximum Gasteiger partial charge on any atom is 0.309 e. The first kappa shape index (κ1) is 39.7. The first-order valence-corrected chi connectivity index (χ1v) is 20.4. The molecule has 8 heteroatoms. The van der Waals surface area contributed by atoms with Gasteiger partial charge in [-0.2, -0.15) is 9.84 Å². The van der Waals surface area contributed by atoms with Gasteiger partial charge in [0.25, 0.3) is 0 Å². The molecule has 2 aliphatic rings. The fraction of sp³-hybridized carbons (Fsp3) is 0.467. The zero-order valence-corrected chi connectivity index (χ0v) is 32.8. The fourth-order valence-electron chi connectivity index (χ4n) is 8.72. The number of allylic oxidation sites excluding steroid dienone is 4. The molecule has 2 aliphatic heterocycles. The minimum absolute atomic E-state index is 0.0432. The van der Waals surface area contributed by atoms with Crippen molar-refractivity contribution in [1.82, 2.24) is 0 Å². The van der Waals surface area contributed by atoms with Gasteiger partial charge in [-0.3, -0.25) is 9.59 Å². The summed E-state index contributed by atoms with van der Waals surface area (Å²) in [7, 11) is 0. The molecule has 0 fully saturated rings. The topological polar surface area (TPSA) is 105 Å². The summed E-state index contributed by atoms with van der Waals surface area (Å²) in [5.74, 6) is -1.61. The monoisotopic (exact) mass is 734 g/mol. The van der Waals surface area contributed by atoms with Crippen LogP contribution in [0.2, 0.25) is 0 Å². The van der Waals surface area contributed by atoms with Gasteiger partial charge in [-0.15, -0.1) is 11.3 Å². The largest absolute Gasteiger partial charge is 0.481 e. The third-order valence-corrected chi connectivity index (χ3v) is 12.1. The van der Waals surface area contributed by atoms with Crippen molar-refractivity contribution < 1.29 is 24.4 Å². The maximum atomic E-state index is 12.0. The summed E-state index contributed by atoms with van der Waals surface area (Å²) in [6.07, 6.45) is 13.0. The van der Waals surface area contributed by atoms with Gasteiger partial charge in [-0.1, -0.05) is 94.8 Å². The van der Waals surface area contributed by atoms with E-state index in [-0.39, 0.29) is 24.8 Å². The Balaban J connectivity index is 1.71. The molecule has 0 saturated heterocycles. The van der Waals surface area contributed by atoms with Crippen molar-refractivity contribution in [2.24, 2.45) is 0 Å². The molecule has 0 spiro atoms. The van der Waals surface area contributed by atoms with E-state index in [1.165, 1.54) is 21.8 Å². The molecule has 5 rings (SSSR count). The quantitative estimate of drug-likeness (QED) is 0.0680. The third-order valence-electron chi connectivity index (χ3n) is 11.3. The number of para-hydroxylation sites is 2. The van der Waals surface area contributed by atoms with E-state index in [4.69, 9.17) is 5.11 Å². The van der Waals surface area contributed by atoms with E-state index in [0.717, 1.165) is 86.9 Å². The van der Waals surface area contributed by atoms with Crippen molar-refractivity contribution in [3.05, 3.63) is 105 Å². The van der Waals surface area contributed by atoms with Crippen LogP contribution in [0.3, 0.4) is 0 Å². The molecule has 3 heterocycles. The van der Waals surface area contributed by atoms with E-state index < -0.39 is 17.4 Å². The molecular weight excluding hydrogens is 679 g/mol. The predicted molar refractivity (Wildman–Crippen MR) is 215 cm³/mol. The number of hydrogen-bond acceptors (Lipinski definition) is 5. The molecule has 0 aliphatic carbocycles. The Bertz CT molecular complexity index is 1890. The molecular formula is C45H56N3O4S+. The molecule has 0 bridgehead atoms. The van der Waals surface area contributed by atoms with Crippen molar-refractivity contribution in [1.29, 1.82) is 5.26 Å². The van der Waals surface area contributed by atoms with E-state index in [9.17, 15) is 20.0 Å². The molecule has 0 amide bonds. The molecule has 0 saturated carbocycles. The van der Waals surface area contributed by atoms with Crippen LogP contribution in [0, 0.1) is 11.3 Å². The van der Waals surface area contributed by atoms with Gasteiger partial charge in [-0.25, -0.2) is 0 Å². The number of nitriles is 1. The Morgan fingerprint density at radius 2 is 1.53 bits per heavy atom. The van der Waals surface area contributed by atoms with Crippen molar-refractivity contribution in [2.45, 2.75) is 122 Å². The second-order valence-corrected chi connectivity index (χ2v) is 16.0. The summed E-state index contributed by atoms with van der Waals surface area (Å²) in [4.78, 5) is 26.9. The van der Waals surface area contributed by atoms with Gasteiger partial charge >= 0.3 is 11.9 Å². The summed E-state index contributed by atoms with van der Waals surface area (Å²) in [5, 5.41) is 32.3. The number of rotatable bonds is 20. The van der Waals surface area contributed by atoms with E-state index >= 15 is 0 Å². The zero-order valence-electron chi connectivity index (χ0n) is 32.0. The lowest BCUT2D eigenvalue weighted by molar-refractivity contribution is -0.437. The van der Waals surface area contributed by atoms with Gasteiger partial charge < -0.3 is 15.1 Å². The number of hydrogen-bond donors (Lipinski definition) is 2. The number of carbonyl (C=O) groups is 2. The van der Waals surface area contributed by atoms with Crippen LogP contribution in [0.25, 0.3) is 0 Å². The summed E-state index contributed by atoms with van der Waals surface area (Å²) in [6.45, 7) is 9.87. The number of fused-ring (bicyclic) bond motifs is 2. The van der Waals surface area contributed by atoms with Gasteiger partial charge in [0.15, 0.2) is 6.54 Å². The van der Waals surface area contributed by atoms with Crippen molar-refractivity contribution >= 4 is 40.4 Å². The van der Waals surface area contributed by atoms with Gasteiger partial charge in [0.1, 0.15) is 18.1 Å². The van der Waals surface area contributed by atoms with Gasteiger partial charge in [-0.05, 0) is 74.3 Å².